The van der Waals surface area contributed by atoms with E-state index in [2.05, 4.69) is 39.6 Å². The molecule has 0 aliphatic carbocycles. The Hall–Kier alpha value is -0.410. The second kappa shape index (κ2) is 4.41. The van der Waals surface area contributed by atoms with E-state index in [4.69, 9.17) is 5.73 Å². The van der Waals surface area contributed by atoms with Crippen molar-refractivity contribution in [3.63, 3.8) is 0 Å². The highest BCUT2D eigenvalue weighted by molar-refractivity contribution is 7.11. The van der Waals surface area contributed by atoms with Crippen molar-refractivity contribution in [3.05, 3.63) is 15.6 Å². The Morgan fingerprint density at radius 2 is 1.79 bits per heavy atom. The number of aryl methyl sites for hydroxylation is 1. The van der Waals surface area contributed by atoms with Gasteiger partial charge in [0.05, 0.1) is 11.7 Å². The Kier molecular flexibility index (Phi) is 3.67. The van der Waals surface area contributed by atoms with Crippen LogP contribution >= 0.6 is 11.3 Å². The van der Waals surface area contributed by atoms with Gasteiger partial charge in [-0.2, -0.15) is 0 Å². The fourth-order valence-electron chi connectivity index (χ4n) is 1.39. The lowest BCUT2D eigenvalue weighted by Crippen LogP contribution is -2.16. The van der Waals surface area contributed by atoms with Gasteiger partial charge in [0.2, 0.25) is 0 Å². The normalized spacial score (nSPS) is 14.0. The van der Waals surface area contributed by atoms with Crippen LogP contribution in [-0.2, 0) is 0 Å². The molecule has 1 aromatic heterocycles. The van der Waals surface area contributed by atoms with Gasteiger partial charge in [0.1, 0.15) is 5.01 Å². The molecule has 1 rings (SSSR count). The summed E-state index contributed by atoms with van der Waals surface area (Å²) in [5.41, 5.74) is 7.28. The number of nitrogens with zero attached hydrogens (tertiary/aromatic N) is 1. The predicted molar refractivity (Wildman–Crippen MR) is 62.7 cm³/mol. The standard InChI is InChI=1S/C11H20N2S/c1-6(2)9(12)11-13-10(7(3)4)8(5)14-11/h6-7,9H,12H2,1-5H3. The maximum absolute atomic E-state index is 6.07. The van der Waals surface area contributed by atoms with Gasteiger partial charge < -0.3 is 5.73 Å². The molecule has 0 fully saturated rings. The van der Waals surface area contributed by atoms with E-state index in [-0.39, 0.29) is 6.04 Å². The van der Waals surface area contributed by atoms with Crippen LogP contribution in [0, 0.1) is 12.8 Å². The Balaban J connectivity index is 2.96. The fourth-order valence-corrected chi connectivity index (χ4v) is 2.64. The van der Waals surface area contributed by atoms with Gasteiger partial charge in [-0.05, 0) is 18.8 Å². The summed E-state index contributed by atoms with van der Waals surface area (Å²) in [5, 5.41) is 1.08. The quantitative estimate of drug-likeness (QED) is 0.835. The minimum absolute atomic E-state index is 0.0891. The lowest BCUT2D eigenvalue weighted by atomic mass is 10.1. The predicted octanol–water partition coefficient (Wildman–Crippen LogP) is 3.23. The molecule has 2 nitrogen and oxygen atoms in total. The summed E-state index contributed by atoms with van der Waals surface area (Å²) in [6.45, 7) is 10.7. The average molecular weight is 212 g/mol. The second-order valence-corrected chi connectivity index (χ2v) is 5.65. The number of thiazole rings is 1. The van der Waals surface area contributed by atoms with Crippen molar-refractivity contribution in [2.24, 2.45) is 11.7 Å². The highest BCUT2D eigenvalue weighted by atomic mass is 32.1. The lowest BCUT2D eigenvalue weighted by molar-refractivity contribution is 0.510. The summed E-state index contributed by atoms with van der Waals surface area (Å²) < 4.78 is 0. The first kappa shape index (κ1) is 11.7. The van der Waals surface area contributed by atoms with E-state index in [0.717, 1.165) is 5.01 Å². The molecule has 0 amide bonds. The van der Waals surface area contributed by atoms with Gasteiger partial charge in [-0.3, -0.25) is 0 Å². The molecule has 0 aromatic carbocycles. The molecule has 0 bridgehead atoms. The van der Waals surface area contributed by atoms with Crippen molar-refractivity contribution in [2.75, 3.05) is 0 Å². The molecule has 0 saturated heterocycles. The van der Waals surface area contributed by atoms with Crippen LogP contribution < -0.4 is 5.73 Å². The van der Waals surface area contributed by atoms with Crippen molar-refractivity contribution in [3.8, 4) is 0 Å². The Bertz CT molecular complexity index is 302. The fraction of sp³-hybridized carbons (Fsp3) is 0.727. The van der Waals surface area contributed by atoms with Gasteiger partial charge in [0.15, 0.2) is 0 Å². The summed E-state index contributed by atoms with van der Waals surface area (Å²) in [7, 11) is 0. The molecule has 0 spiro atoms. The van der Waals surface area contributed by atoms with Crippen LogP contribution in [0.15, 0.2) is 0 Å². The van der Waals surface area contributed by atoms with Gasteiger partial charge in [0.25, 0.3) is 0 Å². The first-order valence-electron chi connectivity index (χ1n) is 5.16. The molecular formula is C11H20N2S. The van der Waals surface area contributed by atoms with E-state index in [1.165, 1.54) is 10.6 Å². The Morgan fingerprint density at radius 3 is 2.14 bits per heavy atom. The van der Waals surface area contributed by atoms with Crippen LogP contribution in [0.3, 0.4) is 0 Å². The van der Waals surface area contributed by atoms with Crippen molar-refractivity contribution >= 4 is 11.3 Å². The number of nitrogens with two attached hydrogens (primary N) is 1. The number of hydrogen-bond donors (Lipinski definition) is 1. The van der Waals surface area contributed by atoms with E-state index in [9.17, 15) is 0 Å². The summed E-state index contributed by atoms with van der Waals surface area (Å²) >= 11 is 1.74. The van der Waals surface area contributed by atoms with Gasteiger partial charge >= 0.3 is 0 Å². The molecular weight excluding hydrogens is 192 g/mol. The highest BCUT2D eigenvalue weighted by Gasteiger charge is 2.17. The lowest BCUT2D eigenvalue weighted by Gasteiger charge is -2.11. The van der Waals surface area contributed by atoms with Crippen molar-refractivity contribution in [1.29, 1.82) is 0 Å². The average Bonchev–Trinajstić information content (AvgIpc) is 2.45. The molecule has 3 heteroatoms. The molecule has 2 N–H and O–H groups in total. The van der Waals surface area contributed by atoms with Gasteiger partial charge in [-0.1, -0.05) is 27.7 Å². The summed E-state index contributed by atoms with van der Waals surface area (Å²) in [6, 6.07) is 0.0891. The molecule has 14 heavy (non-hydrogen) atoms. The van der Waals surface area contributed by atoms with Crippen LogP contribution in [0.1, 0.15) is 55.2 Å². The van der Waals surface area contributed by atoms with E-state index in [1.807, 2.05) is 0 Å². The van der Waals surface area contributed by atoms with Crippen molar-refractivity contribution < 1.29 is 0 Å². The minimum Gasteiger partial charge on any atom is -0.322 e. The zero-order valence-corrected chi connectivity index (χ0v) is 10.5. The van der Waals surface area contributed by atoms with Crippen LogP contribution in [0.2, 0.25) is 0 Å². The van der Waals surface area contributed by atoms with Crippen LogP contribution in [0.4, 0.5) is 0 Å². The molecule has 0 aliphatic rings. The summed E-state index contributed by atoms with van der Waals surface area (Å²) in [5.74, 6) is 0.958. The molecule has 1 unspecified atom stereocenters. The Morgan fingerprint density at radius 1 is 1.21 bits per heavy atom. The molecule has 1 heterocycles. The third-order valence-corrected chi connectivity index (χ3v) is 3.49. The first-order chi connectivity index (χ1) is 6.43. The monoisotopic (exact) mass is 212 g/mol. The largest absolute Gasteiger partial charge is 0.322 e. The third-order valence-electron chi connectivity index (χ3n) is 2.40. The van der Waals surface area contributed by atoms with Crippen molar-refractivity contribution in [1.82, 2.24) is 4.98 Å². The van der Waals surface area contributed by atoms with Gasteiger partial charge in [-0.25, -0.2) is 4.98 Å². The van der Waals surface area contributed by atoms with E-state index in [0.29, 0.717) is 11.8 Å². The van der Waals surface area contributed by atoms with E-state index >= 15 is 0 Å². The number of aromatic nitrogens is 1. The zero-order valence-electron chi connectivity index (χ0n) is 9.66. The maximum atomic E-state index is 6.07. The van der Waals surface area contributed by atoms with Gasteiger partial charge in [-0.15, -0.1) is 11.3 Å². The molecule has 1 aromatic rings. The molecule has 80 valence electrons. The van der Waals surface area contributed by atoms with Crippen molar-refractivity contribution in [2.45, 2.75) is 46.6 Å². The third kappa shape index (κ3) is 2.34. The maximum Gasteiger partial charge on any atom is 0.110 e. The Labute approximate surface area is 90.6 Å². The number of rotatable bonds is 3. The SMILES string of the molecule is Cc1sc(C(N)C(C)C)nc1C(C)C. The second-order valence-electron chi connectivity index (χ2n) is 4.42. The van der Waals surface area contributed by atoms with Crippen LogP contribution in [-0.4, -0.2) is 4.98 Å². The molecule has 0 saturated carbocycles. The zero-order chi connectivity index (χ0) is 10.9. The first-order valence-corrected chi connectivity index (χ1v) is 5.98. The molecule has 1 atom stereocenters. The van der Waals surface area contributed by atoms with E-state index < -0.39 is 0 Å². The van der Waals surface area contributed by atoms with E-state index in [1.54, 1.807) is 11.3 Å². The topological polar surface area (TPSA) is 38.9 Å². The minimum atomic E-state index is 0.0891. The molecule has 0 radical (unpaired) electrons. The van der Waals surface area contributed by atoms with Gasteiger partial charge in [0, 0.05) is 4.88 Å². The highest BCUT2D eigenvalue weighted by Crippen LogP contribution is 2.29. The number of hydrogen-bond acceptors (Lipinski definition) is 3. The smallest absolute Gasteiger partial charge is 0.110 e. The summed E-state index contributed by atoms with van der Waals surface area (Å²) in [6.07, 6.45) is 0. The van der Waals surface area contributed by atoms with Crippen LogP contribution in [0.5, 0.6) is 0 Å². The summed E-state index contributed by atoms with van der Waals surface area (Å²) in [4.78, 5) is 5.94. The van der Waals surface area contributed by atoms with Crippen LogP contribution in [0.25, 0.3) is 0 Å². The molecule has 0 aliphatic heterocycles.